The summed E-state index contributed by atoms with van der Waals surface area (Å²) in [7, 11) is 1.33. The minimum atomic E-state index is -4.39. The molecule has 130 valence electrons. The second-order valence-electron chi connectivity index (χ2n) is 5.76. The average molecular weight is 334 g/mol. The maximum Gasteiger partial charge on any atom is 0.411 e. The number of alkyl halides is 3. The van der Waals surface area contributed by atoms with Gasteiger partial charge in [0.1, 0.15) is 6.61 Å². The monoisotopic (exact) mass is 334 g/mol. The number of hydrogen-bond donors (Lipinski definition) is 0. The van der Waals surface area contributed by atoms with Crippen molar-refractivity contribution in [2.45, 2.75) is 38.0 Å². The molecule has 23 heavy (non-hydrogen) atoms. The van der Waals surface area contributed by atoms with E-state index in [9.17, 15) is 13.2 Å². The summed E-state index contributed by atoms with van der Waals surface area (Å²) < 4.78 is 58.1. The fourth-order valence-corrected chi connectivity index (χ4v) is 2.39. The van der Waals surface area contributed by atoms with Crippen molar-refractivity contribution in [3.63, 3.8) is 0 Å². The van der Waals surface area contributed by atoms with Gasteiger partial charge in [-0.05, 0) is 19.4 Å². The lowest BCUT2D eigenvalue weighted by molar-refractivity contribution is -0.267. The lowest BCUT2D eigenvalue weighted by Crippen LogP contribution is -2.37. The first-order chi connectivity index (χ1) is 10.7. The molecule has 0 N–H and O–H groups in total. The van der Waals surface area contributed by atoms with Crippen LogP contribution in [0.25, 0.3) is 0 Å². The molecule has 0 spiro atoms. The number of methoxy groups -OCH3 is 1. The van der Waals surface area contributed by atoms with Crippen LogP contribution in [0.4, 0.5) is 13.2 Å². The second-order valence-corrected chi connectivity index (χ2v) is 5.76. The zero-order valence-corrected chi connectivity index (χ0v) is 13.4. The summed E-state index contributed by atoms with van der Waals surface area (Å²) in [6, 6.07) is 7.28. The number of halogens is 3. The van der Waals surface area contributed by atoms with Crippen molar-refractivity contribution in [3.05, 3.63) is 35.4 Å². The largest absolute Gasteiger partial charge is 0.411 e. The van der Waals surface area contributed by atoms with Crippen molar-refractivity contribution in [1.29, 1.82) is 0 Å². The van der Waals surface area contributed by atoms with Crippen LogP contribution in [0.1, 0.15) is 25.0 Å². The summed E-state index contributed by atoms with van der Waals surface area (Å²) in [6.07, 6.45) is -4.20. The average Bonchev–Trinajstić information content (AvgIpc) is 2.93. The van der Waals surface area contributed by atoms with E-state index in [0.29, 0.717) is 13.2 Å². The van der Waals surface area contributed by atoms with Crippen LogP contribution in [-0.4, -0.2) is 38.9 Å². The first-order valence-corrected chi connectivity index (χ1v) is 7.29. The van der Waals surface area contributed by atoms with Crippen LogP contribution in [-0.2, 0) is 31.2 Å². The van der Waals surface area contributed by atoms with Gasteiger partial charge < -0.3 is 18.9 Å². The Morgan fingerprint density at radius 2 is 1.70 bits per heavy atom. The number of rotatable bonds is 6. The molecule has 1 aromatic carbocycles. The summed E-state index contributed by atoms with van der Waals surface area (Å²) in [4.78, 5) is 0. The highest BCUT2D eigenvalue weighted by atomic mass is 19.4. The molecular formula is C16H21F3O4. The van der Waals surface area contributed by atoms with Crippen LogP contribution < -0.4 is 0 Å². The van der Waals surface area contributed by atoms with Crippen molar-refractivity contribution in [2.75, 3.05) is 26.9 Å². The lowest BCUT2D eigenvalue weighted by atomic mass is 10.0. The molecule has 4 nitrogen and oxygen atoms in total. The Kier molecular flexibility index (Phi) is 5.35. The minimum Gasteiger partial charge on any atom is -0.353 e. The summed E-state index contributed by atoms with van der Waals surface area (Å²) >= 11 is 0. The smallest absolute Gasteiger partial charge is 0.353 e. The molecule has 0 aliphatic carbocycles. The molecule has 1 heterocycles. The van der Waals surface area contributed by atoms with Crippen LogP contribution in [0, 0.1) is 0 Å². The molecule has 1 aromatic rings. The van der Waals surface area contributed by atoms with Gasteiger partial charge >= 0.3 is 6.18 Å². The first kappa shape index (κ1) is 18.2. The quantitative estimate of drug-likeness (QED) is 0.747. The standard InChI is InChI=1S/C16H21F3O4/c1-14(20-3,23-11-16(17,18)19)10-12-4-6-13(7-5-12)15(2)21-8-9-22-15/h4-7H,8-11H2,1-3H3. The molecule has 0 saturated carbocycles. The SMILES string of the molecule is COC(C)(Cc1ccc(C2(C)OCCO2)cc1)OCC(F)(F)F. The third kappa shape index (κ3) is 4.91. The van der Waals surface area contributed by atoms with E-state index in [4.69, 9.17) is 18.9 Å². The molecule has 0 radical (unpaired) electrons. The zero-order chi connectivity index (χ0) is 17.1. The molecule has 1 aliphatic rings. The minimum absolute atomic E-state index is 0.193. The highest BCUT2D eigenvalue weighted by Crippen LogP contribution is 2.31. The maximum atomic E-state index is 12.3. The molecule has 1 unspecified atom stereocenters. The Hall–Kier alpha value is -1.15. The lowest BCUT2D eigenvalue weighted by Gasteiger charge is -2.29. The summed E-state index contributed by atoms with van der Waals surface area (Å²) in [5.74, 6) is -2.11. The topological polar surface area (TPSA) is 36.9 Å². The van der Waals surface area contributed by atoms with Crippen molar-refractivity contribution in [3.8, 4) is 0 Å². The molecule has 7 heteroatoms. The molecule has 1 aliphatic heterocycles. The number of ether oxygens (including phenoxy) is 4. The van der Waals surface area contributed by atoms with Crippen LogP contribution in [0.2, 0.25) is 0 Å². The Morgan fingerprint density at radius 3 is 2.17 bits per heavy atom. The molecule has 1 saturated heterocycles. The first-order valence-electron chi connectivity index (χ1n) is 7.29. The summed E-state index contributed by atoms with van der Waals surface area (Å²) in [6.45, 7) is 3.03. The van der Waals surface area contributed by atoms with Gasteiger partial charge in [0.2, 0.25) is 0 Å². The molecule has 2 rings (SSSR count). The van der Waals surface area contributed by atoms with Gasteiger partial charge in [-0.1, -0.05) is 24.3 Å². The van der Waals surface area contributed by atoms with Gasteiger partial charge in [-0.25, -0.2) is 0 Å². The van der Waals surface area contributed by atoms with E-state index < -0.39 is 24.4 Å². The fourth-order valence-electron chi connectivity index (χ4n) is 2.39. The van der Waals surface area contributed by atoms with E-state index in [-0.39, 0.29) is 6.42 Å². The van der Waals surface area contributed by atoms with E-state index in [0.717, 1.165) is 11.1 Å². The fraction of sp³-hybridized carbons (Fsp3) is 0.625. The maximum absolute atomic E-state index is 12.3. The highest BCUT2D eigenvalue weighted by molar-refractivity contribution is 5.26. The molecular weight excluding hydrogens is 313 g/mol. The van der Waals surface area contributed by atoms with Crippen LogP contribution >= 0.6 is 0 Å². The number of hydrogen-bond acceptors (Lipinski definition) is 4. The second kappa shape index (κ2) is 6.76. The van der Waals surface area contributed by atoms with Crippen molar-refractivity contribution < 1.29 is 32.1 Å². The summed E-state index contributed by atoms with van der Waals surface area (Å²) in [5, 5.41) is 0. The molecule has 1 atom stereocenters. The van der Waals surface area contributed by atoms with Gasteiger partial charge in [0, 0.05) is 19.1 Å². The van der Waals surface area contributed by atoms with E-state index >= 15 is 0 Å². The Balaban J connectivity index is 2.03. The van der Waals surface area contributed by atoms with Crippen molar-refractivity contribution in [1.82, 2.24) is 0 Å². The third-order valence-corrected chi connectivity index (χ3v) is 3.81. The third-order valence-electron chi connectivity index (χ3n) is 3.81. The van der Waals surface area contributed by atoms with Gasteiger partial charge in [0.15, 0.2) is 11.6 Å². The van der Waals surface area contributed by atoms with Crippen molar-refractivity contribution in [2.24, 2.45) is 0 Å². The predicted octanol–water partition coefficient (Wildman–Crippen LogP) is 3.39. The Bertz CT molecular complexity index is 509. The summed E-state index contributed by atoms with van der Waals surface area (Å²) in [5.41, 5.74) is 1.65. The van der Waals surface area contributed by atoms with Gasteiger partial charge in [-0.15, -0.1) is 0 Å². The Labute approximate surface area is 133 Å². The number of benzene rings is 1. The normalized spacial score (nSPS) is 20.4. The van der Waals surface area contributed by atoms with Crippen molar-refractivity contribution >= 4 is 0 Å². The van der Waals surface area contributed by atoms with Gasteiger partial charge in [-0.3, -0.25) is 0 Å². The van der Waals surface area contributed by atoms with Crippen LogP contribution in [0.15, 0.2) is 24.3 Å². The van der Waals surface area contributed by atoms with Crippen LogP contribution in [0.5, 0.6) is 0 Å². The van der Waals surface area contributed by atoms with E-state index in [1.54, 1.807) is 12.1 Å². The Morgan fingerprint density at radius 1 is 1.13 bits per heavy atom. The molecule has 0 amide bonds. The molecule has 0 bridgehead atoms. The van der Waals surface area contributed by atoms with E-state index in [2.05, 4.69) is 0 Å². The van der Waals surface area contributed by atoms with Gasteiger partial charge in [-0.2, -0.15) is 13.2 Å². The van der Waals surface area contributed by atoms with Gasteiger partial charge in [0.05, 0.1) is 13.2 Å². The molecule has 0 aromatic heterocycles. The molecule has 1 fully saturated rings. The van der Waals surface area contributed by atoms with Crippen LogP contribution in [0.3, 0.4) is 0 Å². The predicted molar refractivity (Wildman–Crippen MR) is 76.8 cm³/mol. The zero-order valence-electron chi connectivity index (χ0n) is 13.4. The van der Waals surface area contributed by atoms with E-state index in [1.165, 1.54) is 14.0 Å². The van der Waals surface area contributed by atoms with E-state index in [1.807, 2.05) is 19.1 Å². The van der Waals surface area contributed by atoms with Gasteiger partial charge in [0.25, 0.3) is 0 Å². The highest BCUT2D eigenvalue weighted by Gasteiger charge is 2.35.